The monoisotopic (exact) mass is 335 g/mol. The zero-order valence-electron chi connectivity index (χ0n) is 14.1. The molecule has 0 fully saturated rings. The number of ketones is 1. The van der Waals surface area contributed by atoms with Crippen LogP contribution in [0.5, 0.6) is 0 Å². The van der Waals surface area contributed by atoms with Crippen molar-refractivity contribution in [3.63, 3.8) is 0 Å². The third-order valence-electron chi connectivity index (χ3n) is 3.68. The number of nitrogens with one attached hydrogen (secondary N) is 2. The Labute approximate surface area is 147 Å². The number of amidine groups is 1. The Hall–Kier alpha value is -3.21. The zero-order chi connectivity index (χ0) is 18.2. The van der Waals surface area contributed by atoms with Gasteiger partial charge in [-0.25, -0.2) is 4.99 Å². The topological polar surface area (TPSA) is 85.5 Å². The van der Waals surface area contributed by atoms with Gasteiger partial charge < -0.3 is 10.4 Å². The number of carbonyl (C=O) groups is 1. The van der Waals surface area contributed by atoms with E-state index in [0.29, 0.717) is 17.7 Å². The van der Waals surface area contributed by atoms with E-state index in [1.165, 1.54) is 12.2 Å². The molecular weight excluding hydrogens is 314 g/mol. The minimum absolute atomic E-state index is 0.0529. The first-order valence-electron chi connectivity index (χ1n) is 8.00. The van der Waals surface area contributed by atoms with Gasteiger partial charge in [-0.05, 0) is 41.4 Å². The standard InChI is InChI=1S/C20H21N3O2/c1-3-4-19(15-6-9-18(25)10-7-15)20(21)23-11-14(2)16-5-8-17(13-24)22-12-16/h5-13,21-22,24H,2-4H2,1H3/b17-13-,21-20?,23-11?. The minimum atomic E-state index is -0.0529. The highest BCUT2D eigenvalue weighted by Gasteiger charge is 2.10. The van der Waals surface area contributed by atoms with Crippen molar-refractivity contribution in [2.24, 2.45) is 4.99 Å². The molecule has 0 spiro atoms. The van der Waals surface area contributed by atoms with Crippen LogP contribution < -0.4 is 5.32 Å². The molecule has 1 heterocycles. The lowest BCUT2D eigenvalue weighted by Gasteiger charge is -2.11. The Kier molecular flexibility index (Phi) is 6.23. The van der Waals surface area contributed by atoms with Crippen molar-refractivity contribution in [3.8, 4) is 0 Å². The van der Waals surface area contributed by atoms with Gasteiger partial charge in [0.15, 0.2) is 5.78 Å². The molecule has 0 bridgehead atoms. The molecule has 5 heteroatoms. The third-order valence-corrected chi connectivity index (χ3v) is 3.68. The maximum atomic E-state index is 11.3. The van der Waals surface area contributed by atoms with Gasteiger partial charge in [0.2, 0.25) is 0 Å². The van der Waals surface area contributed by atoms with Crippen molar-refractivity contribution < 1.29 is 9.90 Å². The number of aliphatic imine (C=N–C) groups is 1. The largest absolute Gasteiger partial charge is 0.513 e. The van der Waals surface area contributed by atoms with Crippen molar-refractivity contribution in [1.82, 2.24) is 5.32 Å². The van der Waals surface area contributed by atoms with Gasteiger partial charge in [-0.1, -0.05) is 38.2 Å². The maximum Gasteiger partial charge on any atom is 0.178 e. The molecule has 0 saturated carbocycles. The molecule has 0 aromatic heterocycles. The van der Waals surface area contributed by atoms with Gasteiger partial charge in [-0.15, -0.1) is 0 Å². The van der Waals surface area contributed by atoms with E-state index in [0.717, 1.165) is 29.4 Å². The minimum Gasteiger partial charge on any atom is -0.513 e. The Morgan fingerprint density at radius 3 is 2.56 bits per heavy atom. The van der Waals surface area contributed by atoms with Crippen LogP contribution in [0.15, 0.2) is 88.5 Å². The molecule has 128 valence electrons. The molecule has 1 aliphatic heterocycles. The molecular formula is C20H21N3O2. The second kappa shape index (κ2) is 8.59. The number of rotatable bonds is 5. The Bertz CT molecular complexity index is 785. The van der Waals surface area contributed by atoms with Gasteiger partial charge in [-0.3, -0.25) is 10.2 Å². The molecule has 0 aromatic rings. The summed E-state index contributed by atoms with van der Waals surface area (Å²) in [5.41, 5.74) is 3.68. The third kappa shape index (κ3) is 4.88. The van der Waals surface area contributed by atoms with E-state index < -0.39 is 0 Å². The number of dihydropyridines is 1. The van der Waals surface area contributed by atoms with Crippen LogP contribution in [-0.4, -0.2) is 22.9 Å². The number of nitrogens with zero attached hydrogens (tertiary/aromatic N) is 1. The van der Waals surface area contributed by atoms with E-state index in [2.05, 4.69) is 16.9 Å². The van der Waals surface area contributed by atoms with Crippen molar-refractivity contribution in [2.75, 3.05) is 0 Å². The molecule has 1 aliphatic carbocycles. The molecule has 0 unspecified atom stereocenters. The Morgan fingerprint density at radius 2 is 2.00 bits per heavy atom. The van der Waals surface area contributed by atoms with Crippen LogP contribution in [0.25, 0.3) is 0 Å². The quantitative estimate of drug-likeness (QED) is 0.405. The highest BCUT2D eigenvalue weighted by molar-refractivity contribution is 6.06. The molecule has 0 radical (unpaired) electrons. The second-order valence-corrected chi connectivity index (χ2v) is 5.55. The lowest BCUT2D eigenvalue weighted by molar-refractivity contribution is -0.110. The summed E-state index contributed by atoms with van der Waals surface area (Å²) >= 11 is 0. The van der Waals surface area contributed by atoms with E-state index in [-0.39, 0.29) is 11.6 Å². The Morgan fingerprint density at radius 1 is 1.28 bits per heavy atom. The lowest BCUT2D eigenvalue weighted by Crippen LogP contribution is -2.09. The summed E-state index contributed by atoms with van der Waals surface area (Å²) in [5.74, 6) is 0.105. The molecule has 25 heavy (non-hydrogen) atoms. The van der Waals surface area contributed by atoms with Crippen molar-refractivity contribution in [2.45, 2.75) is 19.8 Å². The fraction of sp³-hybridized carbons (Fsp3) is 0.150. The van der Waals surface area contributed by atoms with Crippen molar-refractivity contribution >= 4 is 17.8 Å². The van der Waals surface area contributed by atoms with Crippen LogP contribution in [0, 0.1) is 5.41 Å². The second-order valence-electron chi connectivity index (χ2n) is 5.55. The number of hydrogen-bond acceptors (Lipinski definition) is 4. The molecule has 0 amide bonds. The van der Waals surface area contributed by atoms with Crippen LogP contribution in [0.4, 0.5) is 0 Å². The van der Waals surface area contributed by atoms with Gasteiger partial charge in [0.05, 0.1) is 5.70 Å². The molecule has 2 aliphatic rings. The van der Waals surface area contributed by atoms with Gasteiger partial charge in [0.25, 0.3) is 0 Å². The van der Waals surface area contributed by atoms with Crippen molar-refractivity contribution in [3.05, 3.63) is 83.5 Å². The van der Waals surface area contributed by atoms with Gasteiger partial charge in [-0.2, -0.15) is 0 Å². The van der Waals surface area contributed by atoms with Crippen LogP contribution in [0.3, 0.4) is 0 Å². The number of aliphatic hydroxyl groups excluding tert-OH is 1. The van der Waals surface area contributed by atoms with E-state index in [1.807, 2.05) is 6.92 Å². The van der Waals surface area contributed by atoms with Crippen LogP contribution in [0.2, 0.25) is 0 Å². The number of allylic oxidation sites excluding steroid dienone is 9. The maximum absolute atomic E-state index is 11.3. The number of hydrogen-bond donors (Lipinski definition) is 3. The van der Waals surface area contributed by atoms with Gasteiger partial charge >= 0.3 is 0 Å². The molecule has 0 aromatic carbocycles. The smallest absolute Gasteiger partial charge is 0.178 e. The van der Waals surface area contributed by atoms with Crippen LogP contribution in [0.1, 0.15) is 19.8 Å². The average molecular weight is 335 g/mol. The summed E-state index contributed by atoms with van der Waals surface area (Å²) in [5, 5.41) is 20.1. The predicted octanol–water partition coefficient (Wildman–Crippen LogP) is 3.83. The molecule has 0 saturated heterocycles. The fourth-order valence-electron chi connectivity index (χ4n) is 2.32. The summed E-state index contributed by atoms with van der Waals surface area (Å²) < 4.78 is 0. The van der Waals surface area contributed by atoms with Crippen molar-refractivity contribution in [1.29, 1.82) is 5.41 Å². The summed E-state index contributed by atoms with van der Waals surface area (Å²) in [6.07, 6.45) is 15.8. The molecule has 0 atom stereocenters. The summed E-state index contributed by atoms with van der Waals surface area (Å²) in [6.45, 7) is 5.99. The summed E-state index contributed by atoms with van der Waals surface area (Å²) in [7, 11) is 0. The number of aliphatic hydroxyl groups is 1. The zero-order valence-corrected chi connectivity index (χ0v) is 14.1. The molecule has 2 rings (SSSR count). The summed E-state index contributed by atoms with van der Waals surface area (Å²) in [4.78, 5) is 15.5. The van der Waals surface area contributed by atoms with E-state index in [9.17, 15) is 4.79 Å². The van der Waals surface area contributed by atoms with Gasteiger partial charge in [0.1, 0.15) is 12.1 Å². The van der Waals surface area contributed by atoms with Gasteiger partial charge in [0, 0.05) is 18.0 Å². The van der Waals surface area contributed by atoms with Crippen LogP contribution >= 0.6 is 0 Å². The molecule has 3 N–H and O–H groups in total. The highest BCUT2D eigenvalue weighted by atomic mass is 16.2. The predicted molar refractivity (Wildman–Crippen MR) is 102 cm³/mol. The first-order chi connectivity index (χ1) is 12.0. The van der Waals surface area contributed by atoms with Crippen LogP contribution in [-0.2, 0) is 4.79 Å². The van der Waals surface area contributed by atoms with E-state index in [1.54, 1.807) is 36.7 Å². The first kappa shape index (κ1) is 18.1. The Balaban J connectivity index is 2.14. The highest BCUT2D eigenvalue weighted by Crippen LogP contribution is 2.19. The first-order valence-corrected chi connectivity index (χ1v) is 8.00. The number of carbonyl (C=O) groups excluding carboxylic acids is 1. The fourth-order valence-corrected chi connectivity index (χ4v) is 2.32. The van der Waals surface area contributed by atoms with E-state index >= 15 is 0 Å². The average Bonchev–Trinajstić information content (AvgIpc) is 2.65. The summed E-state index contributed by atoms with van der Waals surface area (Å²) in [6, 6.07) is 0. The van der Waals surface area contributed by atoms with E-state index in [4.69, 9.17) is 10.5 Å². The normalized spacial score (nSPS) is 17.8. The SMILES string of the molecule is C=C(C=NC(=N)C(CCC)=C1C=CC(=O)C=C1)C1=CN/C(=C\O)C=C1. The molecule has 5 nitrogen and oxygen atoms in total. The lowest BCUT2D eigenvalue weighted by atomic mass is 9.98.